The van der Waals surface area contributed by atoms with Crippen molar-refractivity contribution in [2.75, 3.05) is 5.33 Å². The Kier molecular flexibility index (Phi) is 8.99. The first-order valence-corrected chi connectivity index (χ1v) is 8.30. The number of carbonyl (C=O) groups is 1. The van der Waals surface area contributed by atoms with Gasteiger partial charge in [-0.1, -0.05) is 74.0 Å². The lowest BCUT2D eigenvalue weighted by atomic mass is 9.66. The van der Waals surface area contributed by atoms with Crippen LogP contribution >= 0.6 is 15.9 Å². The molecule has 108 valence electrons. The molecule has 0 saturated carbocycles. The van der Waals surface area contributed by atoms with Crippen molar-refractivity contribution in [1.82, 2.24) is 0 Å². The monoisotopic (exact) mass is 326 g/mol. The highest BCUT2D eigenvalue weighted by Crippen LogP contribution is 2.38. The zero-order chi connectivity index (χ0) is 14.9. The fourth-order valence-corrected chi connectivity index (χ4v) is 2.91. The van der Waals surface area contributed by atoms with Gasteiger partial charge in [0.2, 0.25) is 0 Å². The number of carbonyl (C=O) groups excluding carboxylic acids is 1. The van der Waals surface area contributed by atoms with Gasteiger partial charge in [-0.2, -0.15) is 0 Å². The number of benzene rings is 1. The van der Waals surface area contributed by atoms with Crippen LogP contribution in [0.15, 0.2) is 30.3 Å². The van der Waals surface area contributed by atoms with Gasteiger partial charge in [0.1, 0.15) is 5.78 Å². The van der Waals surface area contributed by atoms with Crippen molar-refractivity contribution in [3.05, 3.63) is 35.9 Å². The van der Waals surface area contributed by atoms with Gasteiger partial charge in [-0.05, 0) is 31.2 Å². The average molecular weight is 327 g/mol. The molecule has 0 N–H and O–H groups in total. The lowest BCUT2D eigenvalue weighted by Gasteiger charge is -2.36. The Balaban J connectivity index is 0.00000154. The fraction of sp³-hybridized carbons (Fsp3) is 0.588. The Hall–Kier alpha value is -0.630. The van der Waals surface area contributed by atoms with Crippen LogP contribution in [0.25, 0.3) is 0 Å². The van der Waals surface area contributed by atoms with E-state index in [1.165, 1.54) is 0 Å². The first-order chi connectivity index (χ1) is 9.05. The Bertz CT molecular complexity index is 359. The zero-order valence-electron chi connectivity index (χ0n) is 12.9. The van der Waals surface area contributed by atoms with E-state index in [9.17, 15) is 4.79 Å². The van der Waals surface area contributed by atoms with Gasteiger partial charge in [0.15, 0.2) is 0 Å². The summed E-state index contributed by atoms with van der Waals surface area (Å²) in [6.45, 7) is 10.0. The molecule has 0 radical (unpaired) electrons. The number of ketones is 1. The highest BCUT2D eigenvalue weighted by molar-refractivity contribution is 9.09. The molecule has 0 spiro atoms. The molecule has 19 heavy (non-hydrogen) atoms. The molecule has 1 rings (SSSR count). The van der Waals surface area contributed by atoms with E-state index in [0.29, 0.717) is 5.92 Å². The maximum Gasteiger partial charge on any atom is 0.140 e. The summed E-state index contributed by atoms with van der Waals surface area (Å²) in [7, 11) is 0. The zero-order valence-corrected chi connectivity index (χ0v) is 14.5. The first-order valence-electron chi connectivity index (χ1n) is 7.18. The summed E-state index contributed by atoms with van der Waals surface area (Å²) in [5.74, 6) is 0.598. The van der Waals surface area contributed by atoms with Crippen LogP contribution in [0.3, 0.4) is 0 Å². The minimum Gasteiger partial charge on any atom is -0.299 e. The summed E-state index contributed by atoms with van der Waals surface area (Å²) >= 11 is 3.46. The van der Waals surface area contributed by atoms with E-state index in [0.717, 1.165) is 23.7 Å². The Labute approximate surface area is 126 Å². The summed E-state index contributed by atoms with van der Waals surface area (Å²) in [6.07, 6.45) is 1.93. The minimum atomic E-state index is -0.324. The number of rotatable bonds is 6. The van der Waals surface area contributed by atoms with E-state index in [1.54, 1.807) is 6.92 Å². The lowest BCUT2D eigenvalue weighted by Crippen LogP contribution is -2.39. The summed E-state index contributed by atoms with van der Waals surface area (Å²) < 4.78 is 0. The molecule has 1 atom stereocenters. The maximum atomic E-state index is 12.2. The molecule has 0 aromatic heterocycles. The predicted octanol–water partition coefficient (Wildman–Crippen LogP) is 5.37. The molecule has 1 nitrogen and oxygen atoms in total. The molecule has 2 heteroatoms. The third-order valence-electron chi connectivity index (χ3n) is 3.61. The third kappa shape index (κ3) is 4.45. The van der Waals surface area contributed by atoms with Crippen LogP contribution < -0.4 is 0 Å². The molecule has 1 aromatic rings. The number of hydrogen-bond acceptors (Lipinski definition) is 1. The Morgan fingerprint density at radius 3 is 2.11 bits per heavy atom. The van der Waals surface area contributed by atoms with Gasteiger partial charge < -0.3 is 0 Å². The Morgan fingerprint density at radius 2 is 1.74 bits per heavy atom. The third-order valence-corrected chi connectivity index (χ3v) is 4.17. The number of halogens is 1. The predicted molar refractivity (Wildman–Crippen MR) is 88.0 cm³/mol. The normalized spacial score (nSPS) is 13.4. The second-order valence-corrected chi connectivity index (χ2v) is 5.63. The maximum absolute atomic E-state index is 12.2. The van der Waals surface area contributed by atoms with Gasteiger partial charge in [0, 0.05) is 5.33 Å². The van der Waals surface area contributed by atoms with Crippen LogP contribution in [-0.4, -0.2) is 11.1 Å². The number of hydrogen-bond donors (Lipinski definition) is 0. The SMILES string of the molecule is CC.CC(=O)C(CCCBr)(c1ccccc1)C(C)C. The lowest BCUT2D eigenvalue weighted by molar-refractivity contribution is -0.124. The average Bonchev–Trinajstić information content (AvgIpc) is 2.42. The quantitative estimate of drug-likeness (QED) is 0.642. The molecule has 0 aliphatic carbocycles. The molecule has 1 aromatic carbocycles. The van der Waals surface area contributed by atoms with E-state index < -0.39 is 0 Å². The molecular weight excluding hydrogens is 300 g/mol. The van der Waals surface area contributed by atoms with Crippen molar-refractivity contribution >= 4 is 21.7 Å². The number of alkyl halides is 1. The van der Waals surface area contributed by atoms with Crippen molar-refractivity contribution in [2.45, 2.75) is 52.9 Å². The molecule has 0 aliphatic rings. The van der Waals surface area contributed by atoms with Crippen LogP contribution in [0.1, 0.15) is 53.0 Å². The molecule has 0 heterocycles. The second-order valence-electron chi connectivity index (χ2n) is 4.84. The van der Waals surface area contributed by atoms with Crippen molar-refractivity contribution in [3.8, 4) is 0 Å². The largest absolute Gasteiger partial charge is 0.299 e. The molecule has 0 aliphatic heterocycles. The van der Waals surface area contributed by atoms with Gasteiger partial charge in [-0.15, -0.1) is 0 Å². The highest BCUT2D eigenvalue weighted by Gasteiger charge is 2.39. The van der Waals surface area contributed by atoms with Crippen LogP contribution in [-0.2, 0) is 10.2 Å². The van der Waals surface area contributed by atoms with Crippen molar-refractivity contribution < 1.29 is 4.79 Å². The van der Waals surface area contributed by atoms with Gasteiger partial charge in [-0.3, -0.25) is 4.79 Å². The number of Topliss-reactive ketones (excluding diaryl/α,β-unsaturated/α-hetero) is 1. The van der Waals surface area contributed by atoms with Crippen molar-refractivity contribution in [2.24, 2.45) is 5.92 Å². The molecule has 0 fully saturated rings. The smallest absolute Gasteiger partial charge is 0.140 e. The van der Waals surface area contributed by atoms with Gasteiger partial charge >= 0.3 is 0 Å². The summed E-state index contributed by atoms with van der Waals surface area (Å²) in [4.78, 5) is 12.2. The van der Waals surface area contributed by atoms with E-state index >= 15 is 0 Å². The highest BCUT2D eigenvalue weighted by atomic mass is 79.9. The molecule has 1 unspecified atom stereocenters. The van der Waals surface area contributed by atoms with E-state index in [2.05, 4.69) is 41.9 Å². The molecule has 0 amide bonds. The van der Waals surface area contributed by atoms with Crippen LogP contribution in [0, 0.1) is 5.92 Å². The van der Waals surface area contributed by atoms with Crippen LogP contribution in [0.5, 0.6) is 0 Å². The van der Waals surface area contributed by atoms with Gasteiger partial charge in [0.25, 0.3) is 0 Å². The molecular formula is C17H27BrO. The van der Waals surface area contributed by atoms with Gasteiger partial charge in [-0.25, -0.2) is 0 Å². The molecule has 0 bridgehead atoms. The summed E-state index contributed by atoms with van der Waals surface area (Å²) in [6, 6.07) is 10.2. The fourth-order valence-electron chi connectivity index (χ4n) is 2.63. The standard InChI is InChI=1S/C15H21BrO.C2H6/c1-12(2)15(13(3)17,10-7-11-16)14-8-5-4-6-9-14;1-2/h4-6,8-9,12H,7,10-11H2,1-3H3;1-2H3. The second kappa shape index (κ2) is 9.30. The first kappa shape index (κ1) is 18.4. The Morgan fingerprint density at radius 1 is 1.21 bits per heavy atom. The van der Waals surface area contributed by atoms with Crippen LogP contribution in [0.2, 0.25) is 0 Å². The van der Waals surface area contributed by atoms with E-state index in [4.69, 9.17) is 0 Å². The van der Waals surface area contributed by atoms with Crippen molar-refractivity contribution in [3.63, 3.8) is 0 Å². The van der Waals surface area contributed by atoms with E-state index in [1.807, 2.05) is 32.0 Å². The van der Waals surface area contributed by atoms with E-state index in [-0.39, 0.29) is 11.2 Å². The van der Waals surface area contributed by atoms with Crippen molar-refractivity contribution in [1.29, 1.82) is 0 Å². The summed E-state index contributed by atoms with van der Waals surface area (Å²) in [5, 5.41) is 0.946. The van der Waals surface area contributed by atoms with Crippen LogP contribution in [0.4, 0.5) is 0 Å². The minimum absolute atomic E-state index is 0.277. The molecule has 0 saturated heterocycles. The summed E-state index contributed by atoms with van der Waals surface area (Å²) in [5.41, 5.74) is 0.832. The van der Waals surface area contributed by atoms with Gasteiger partial charge in [0.05, 0.1) is 5.41 Å². The topological polar surface area (TPSA) is 17.1 Å².